The largest absolute Gasteiger partial charge is 0.495 e. The van der Waals surface area contributed by atoms with E-state index in [2.05, 4.69) is 19.2 Å². The van der Waals surface area contributed by atoms with Gasteiger partial charge in [0.25, 0.3) is 0 Å². The summed E-state index contributed by atoms with van der Waals surface area (Å²) in [4.78, 5) is 12.8. The molecule has 6 nitrogen and oxygen atoms in total. The molecule has 0 saturated carbocycles. The van der Waals surface area contributed by atoms with Crippen LogP contribution in [-0.4, -0.2) is 34.2 Å². The number of amides is 1. The Hall–Kier alpha value is -2.25. The van der Waals surface area contributed by atoms with Crippen LogP contribution in [0.3, 0.4) is 0 Å². The van der Waals surface area contributed by atoms with Crippen LogP contribution in [-0.2, 0) is 14.8 Å². The topological polar surface area (TPSA) is 75.7 Å². The van der Waals surface area contributed by atoms with Crippen molar-refractivity contribution in [1.29, 1.82) is 0 Å². The number of ether oxygens (including phenoxy) is 1. The lowest BCUT2D eigenvalue weighted by atomic mass is 9.97. The fraction of sp³-hybridized carbons (Fsp3) is 0.381. The average Bonchev–Trinajstić information content (AvgIpc) is 2.65. The predicted molar refractivity (Wildman–Crippen MR) is 117 cm³/mol. The number of hydrogen-bond donors (Lipinski definition) is 1. The number of sulfonamides is 1. The highest BCUT2D eigenvalue weighted by Crippen LogP contribution is 2.32. The number of nitrogens with zero attached hydrogens (tertiary/aromatic N) is 1. The molecule has 0 aromatic heterocycles. The molecule has 8 heteroatoms. The van der Waals surface area contributed by atoms with Gasteiger partial charge in [-0.25, -0.2) is 8.42 Å². The third-order valence-corrected chi connectivity index (χ3v) is 5.70. The van der Waals surface area contributed by atoms with Crippen LogP contribution in [0.25, 0.3) is 0 Å². The molecule has 0 saturated heterocycles. The highest BCUT2D eigenvalue weighted by Gasteiger charge is 2.26. The van der Waals surface area contributed by atoms with Crippen LogP contribution >= 0.6 is 11.6 Å². The molecule has 2 rings (SSSR count). The van der Waals surface area contributed by atoms with Gasteiger partial charge in [-0.1, -0.05) is 55.8 Å². The molecule has 0 radical (unpaired) electrons. The molecule has 29 heavy (non-hydrogen) atoms. The number of anilines is 1. The zero-order chi connectivity index (χ0) is 21.6. The van der Waals surface area contributed by atoms with Gasteiger partial charge in [-0.15, -0.1) is 0 Å². The van der Waals surface area contributed by atoms with Gasteiger partial charge < -0.3 is 10.1 Å². The molecule has 2 aromatic carbocycles. The van der Waals surface area contributed by atoms with Gasteiger partial charge in [0, 0.05) is 5.02 Å². The van der Waals surface area contributed by atoms with Crippen molar-refractivity contribution in [3.63, 3.8) is 0 Å². The second kappa shape index (κ2) is 9.98. The van der Waals surface area contributed by atoms with Crippen molar-refractivity contribution in [2.45, 2.75) is 26.3 Å². The summed E-state index contributed by atoms with van der Waals surface area (Å²) in [6.45, 7) is 3.76. The lowest BCUT2D eigenvalue weighted by Crippen LogP contribution is -2.42. The Morgan fingerprint density at radius 2 is 1.83 bits per heavy atom. The van der Waals surface area contributed by atoms with E-state index in [1.807, 2.05) is 30.3 Å². The van der Waals surface area contributed by atoms with E-state index in [0.717, 1.165) is 22.5 Å². The number of nitrogens with one attached hydrogen (secondary N) is 1. The normalized spacial score (nSPS) is 12.5. The van der Waals surface area contributed by atoms with Crippen LogP contribution < -0.4 is 14.4 Å². The number of rotatable bonds is 9. The Morgan fingerprint density at radius 1 is 1.17 bits per heavy atom. The Morgan fingerprint density at radius 3 is 2.38 bits per heavy atom. The summed E-state index contributed by atoms with van der Waals surface area (Å²) in [5, 5.41) is 3.31. The van der Waals surface area contributed by atoms with Crippen molar-refractivity contribution in [1.82, 2.24) is 5.32 Å². The van der Waals surface area contributed by atoms with E-state index in [-0.39, 0.29) is 18.3 Å². The maximum Gasteiger partial charge on any atom is 0.241 e. The second-order valence-corrected chi connectivity index (χ2v) is 9.59. The summed E-state index contributed by atoms with van der Waals surface area (Å²) in [6, 6.07) is 14.0. The molecule has 0 aliphatic rings. The summed E-state index contributed by atoms with van der Waals surface area (Å²) in [6.07, 6.45) is 1.78. The second-order valence-electron chi connectivity index (χ2n) is 7.25. The van der Waals surface area contributed by atoms with Crippen molar-refractivity contribution < 1.29 is 17.9 Å². The zero-order valence-corrected chi connectivity index (χ0v) is 18.6. The molecule has 1 amide bonds. The number of benzene rings is 2. The fourth-order valence-corrected chi connectivity index (χ4v) is 4.06. The number of carbonyl (C=O) groups excluding carboxylic acids is 1. The molecule has 0 aliphatic carbocycles. The summed E-state index contributed by atoms with van der Waals surface area (Å²) in [5.74, 6) is 0.251. The number of halogens is 1. The van der Waals surface area contributed by atoms with Crippen molar-refractivity contribution >= 4 is 33.2 Å². The van der Waals surface area contributed by atoms with Crippen LogP contribution in [0.1, 0.15) is 31.9 Å². The van der Waals surface area contributed by atoms with Crippen molar-refractivity contribution in [3.8, 4) is 5.75 Å². The molecule has 0 heterocycles. The van der Waals surface area contributed by atoms with E-state index in [1.165, 1.54) is 13.2 Å². The smallest absolute Gasteiger partial charge is 0.241 e. The highest BCUT2D eigenvalue weighted by atomic mass is 35.5. The van der Waals surface area contributed by atoms with E-state index in [1.54, 1.807) is 12.1 Å². The standard InChI is InChI=1S/C21H27ClN2O4S/c1-15(2)12-18(16-8-6-5-7-9-16)23-21(25)14-24(29(4,26)27)19-13-17(22)10-11-20(19)28-3/h5-11,13,15,18H,12,14H2,1-4H3,(H,23,25). The molecular formula is C21H27ClN2O4S. The molecule has 1 atom stereocenters. The van der Waals surface area contributed by atoms with Gasteiger partial charge in [0.05, 0.1) is 25.1 Å². The number of hydrogen-bond acceptors (Lipinski definition) is 4. The predicted octanol–water partition coefficient (Wildman–Crippen LogP) is 4.02. The molecular weight excluding hydrogens is 412 g/mol. The van der Waals surface area contributed by atoms with Crippen LogP contribution in [0.15, 0.2) is 48.5 Å². The molecule has 1 unspecified atom stereocenters. The van der Waals surface area contributed by atoms with Gasteiger partial charge in [0.15, 0.2) is 0 Å². The minimum atomic E-state index is -3.75. The maximum atomic E-state index is 12.8. The minimum absolute atomic E-state index is 0.216. The summed E-state index contributed by atoms with van der Waals surface area (Å²) in [5.41, 5.74) is 1.19. The first-order valence-electron chi connectivity index (χ1n) is 9.27. The molecule has 0 fully saturated rings. The Kier molecular flexibility index (Phi) is 7.93. The van der Waals surface area contributed by atoms with Crippen LogP contribution in [0.4, 0.5) is 5.69 Å². The third kappa shape index (κ3) is 6.65. The fourth-order valence-electron chi connectivity index (χ4n) is 3.04. The van der Waals surface area contributed by atoms with E-state index in [9.17, 15) is 13.2 Å². The SMILES string of the molecule is COc1ccc(Cl)cc1N(CC(=O)NC(CC(C)C)c1ccccc1)S(C)(=O)=O. The van der Waals surface area contributed by atoms with Gasteiger partial charge >= 0.3 is 0 Å². The van der Waals surface area contributed by atoms with E-state index in [4.69, 9.17) is 16.3 Å². The van der Waals surface area contributed by atoms with E-state index in [0.29, 0.717) is 16.7 Å². The van der Waals surface area contributed by atoms with E-state index < -0.39 is 15.9 Å². The first-order valence-corrected chi connectivity index (χ1v) is 11.5. The lowest BCUT2D eigenvalue weighted by Gasteiger charge is -2.26. The summed E-state index contributed by atoms with van der Waals surface area (Å²) < 4.78 is 31.1. The third-order valence-electron chi connectivity index (χ3n) is 4.34. The van der Waals surface area contributed by atoms with Crippen LogP contribution in [0.2, 0.25) is 5.02 Å². The van der Waals surface area contributed by atoms with Gasteiger partial charge in [-0.2, -0.15) is 0 Å². The Bertz CT molecular complexity index is 933. The van der Waals surface area contributed by atoms with Crippen molar-refractivity contribution in [3.05, 3.63) is 59.1 Å². The molecule has 1 N–H and O–H groups in total. The lowest BCUT2D eigenvalue weighted by molar-refractivity contribution is -0.120. The minimum Gasteiger partial charge on any atom is -0.495 e. The van der Waals surface area contributed by atoms with Gasteiger partial charge in [0.1, 0.15) is 12.3 Å². The van der Waals surface area contributed by atoms with Gasteiger partial charge in [-0.3, -0.25) is 9.10 Å². The van der Waals surface area contributed by atoms with Crippen molar-refractivity contribution in [2.75, 3.05) is 24.2 Å². The van der Waals surface area contributed by atoms with Gasteiger partial charge in [-0.05, 0) is 36.1 Å². The Balaban J connectivity index is 2.29. The van der Waals surface area contributed by atoms with Gasteiger partial charge in [0.2, 0.25) is 15.9 Å². The maximum absolute atomic E-state index is 12.8. The first-order chi connectivity index (χ1) is 13.6. The van der Waals surface area contributed by atoms with Crippen LogP contribution in [0.5, 0.6) is 5.75 Å². The molecule has 0 spiro atoms. The highest BCUT2D eigenvalue weighted by molar-refractivity contribution is 7.92. The quantitative estimate of drug-likeness (QED) is 0.641. The Labute approximate surface area is 177 Å². The number of carbonyl (C=O) groups is 1. The van der Waals surface area contributed by atoms with Crippen LogP contribution in [0, 0.1) is 5.92 Å². The first kappa shape index (κ1) is 23.0. The van der Waals surface area contributed by atoms with Crippen molar-refractivity contribution in [2.24, 2.45) is 5.92 Å². The zero-order valence-electron chi connectivity index (χ0n) is 17.1. The number of methoxy groups -OCH3 is 1. The van der Waals surface area contributed by atoms with E-state index >= 15 is 0 Å². The molecule has 158 valence electrons. The monoisotopic (exact) mass is 438 g/mol. The molecule has 2 aromatic rings. The summed E-state index contributed by atoms with van der Waals surface area (Å²) in [7, 11) is -2.32. The molecule has 0 bridgehead atoms. The molecule has 0 aliphatic heterocycles. The average molecular weight is 439 g/mol. The summed E-state index contributed by atoms with van der Waals surface area (Å²) >= 11 is 6.05.